The Morgan fingerprint density at radius 1 is 1.00 bits per heavy atom. The summed E-state index contributed by atoms with van der Waals surface area (Å²) in [6, 6.07) is 0. The average molecular weight is 356 g/mol. The van der Waals surface area contributed by atoms with E-state index >= 15 is 0 Å². The van der Waals surface area contributed by atoms with Gasteiger partial charge in [0.05, 0.1) is 0 Å². The molecule has 0 aromatic heterocycles. The summed E-state index contributed by atoms with van der Waals surface area (Å²) in [5, 5.41) is 0. The number of rotatable bonds is 2. The van der Waals surface area contributed by atoms with E-state index < -0.39 is 54.3 Å². The molecule has 3 unspecified atom stereocenters. The van der Waals surface area contributed by atoms with E-state index in [1.165, 1.54) is 6.08 Å². The first-order chi connectivity index (χ1) is 10.2. The van der Waals surface area contributed by atoms with Crippen molar-refractivity contribution in [1.29, 1.82) is 0 Å². The Hall–Kier alpha value is -1.42. The number of fused-ring (bicyclic) bond motifs is 2. The second-order valence-corrected chi connectivity index (χ2v) is 5.53. The van der Waals surface area contributed by atoms with Crippen molar-refractivity contribution < 1.29 is 49.0 Å². The molecule has 2 aliphatic rings. The number of esters is 1. The molecule has 0 heterocycles. The van der Waals surface area contributed by atoms with Crippen molar-refractivity contribution in [3.63, 3.8) is 0 Å². The molecule has 1 saturated carbocycles. The Kier molecular flexibility index (Phi) is 3.93. The summed E-state index contributed by atoms with van der Waals surface area (Å²) in [6.45, 7) is 0. The molecule has 0 aromatic carbocycles. The number of hydrogen-bond donors (Lipinski definition) is 0. The second-order valence-electron chi connectivity index (χ2n) is 5.53. The van der Waals surface area contributed by atoms with Gasteiger partial charge in [-0.25, -0.2) is 0 Å². The molecule has 0 aliphatic heterocycles. The number of ether oxygens (including phenoxy) is 1. The number of allylic oxidation sites excluding steroid dienone is 2. The lowest BCUT2D eigenvalue weighted by Gasteiger charge is -2.36. The first kappa shape index (κ1) is 17.9. The first-order valence-corrected chi connectivity index (χ1v) is 6.29. The summed E-state index contributed by atoms with van der Waals surface area (Å²) in [7, 11) is 0. The largest absolute Gasteiger partial charge is 0.442 e. The van der Waals surface area contributed by atoms with E-state index in [0.717, 1.165) is 6.08 Å². The first-order valence-electron chi connectivity index (χ1n) is 6.29. The van der Waals surface area contributed by atoms with Gasteiger partial charge in [0.15, 0.2) is 5.41 Å². The van der Waals surface area contributed by atoms with Crippen molar-refractivity contribution >= 4 is 5.97 Å². The molecule has 11 heteroatoms. The van der Waals surface area contributed by atoms with E-state index in [1.807, 2.05) is 0 Å². The topological polar surface area (TPSA) is 26.3 Å². The number of halogens is 9. The van der Waals surface area contributed by atoms with E-state index in [4.69, 9.17) is 0 Å². The molecule has 0 spiro atoms. The zero-order chi connectivity index (χ0) is 17.8. The van der Waals surface area contributed by atoms with Gasteiger partial charge in [-0.1, -0.05) is 12.2 Å². The van der Waals surface area contributed by atoms with Crippen LogP contribution in [-0.2, 0) is 9.53 Å². The van der Waals surface area contributed by atoms with Gasteiger partial charge in [-0.15, -0.1) is 0 Å². The normalized spacial score (nSPS) is 31.0. The molecule has 0 amide bonds. The fourth-order valence-corrected chi connectivity index (χ4v) is 3.06. The third-order valence-electron chi connectivity index (χ3n) is 4.08. The van der Waals surface area contributed by atoms with Crippen LogP contribution in [0.2, 0.25) is 0 Å². The summed E-state index contributed by atoms with van der Waals surface area (Å²) in [5.41, 5.74) is -3.37. The Bertz CT molecular complexity index is 502. The molecule has 1 fully saturated rings. The summed E-state index contributed by atoms with van der Waals surface area (Å²) in [6.07, 6.45) is -20.8. The highest BCUT2D eigenvalue weighted by Crippen LogP contribution is 2.60. The smallest absolute Gasteiger partial charge is 0.434 e. The van der Waals surface area contributed by atoms with Crippen LogP contribution in [0.3, 0.4) is 0 Å². The van der Waals surface area contributed by atoms with Crippen molar-refractivity contribution in [3.05, 3.63) is 12.2 Å². The van der Waals surface area contributed by atoms with Gasteiger partial charge >= 0.3 is 24.5 Å². The van der Waals surface area contributed by atoms with E-state index in [1.54, 1.807) is 0 Å². The minimum atomic E-state index is -6.06. The van der Waals surface area contributed by atoms with Crippen LogP contribution in [0.4, 0.5) is 39.5 Å². The van der Waals surface area contributed by atoms with Crippen LogP contribution < -0.4 is 0 Å². The molecule has 0 N–H and O–H groups in total. The van der Waals surface area contributed by atoms with Crippen LogP contribution in [-0.4, -0.2) is 30.6 Å². The lowest BCUT2D eigenvalue weighted by Crippen LogP contribution is -2.54. The fraction of sp³-hybridized carbons (Fsp3) is 0.750. The van der Waals surface area contributed by atoms with Crippen molar-refractivity contribution in [2.24, 2.45) is 17.3 Å². The molecule has 0 aromatic rings. The van der Waals surface area contributed by atoms with Crippen LogP contribution in [0.5, 0.6) is 0 Å². The van der Waals surface area contributed by atoms with Crippen LogP contribution in [0, 0.1) is 17.3 Å². The predicted molar refractivity (Wildman–Crippen MR) is 55.8 cm³/mol. The quantitative estimate of drug-likeness (QED) is 0.422. The molecule has 0 saturated heterocycles. The van der Waals surface area contributed by atoms with Gasteiger partial charge in [-0.2, -0.15) is 39.5 Å². The Balaban J connectivity index is 2.35. The van der Waals surface area contributed by atoms with Gasteiger partial charge < -0.3 is 4.74 Å². The minimum absolute atomic E-state index is 0.169. The summed E-state index contributed by atoms with van der Waals surface area (Å²) < 4.78 is 117. The zero-order valence-electron chi connectivity index (χ0n) is 11.0. The monoisotopic (exact) mass is 356 g/mol. The third-order valence-corrected chi connectivity index (χ3v) is 4.08. The molecule has 0 radical (unpaired) electrons. The van der Waals surface area contributed by atoms with E-state index in [2.05, 4.69) is 4.74 Å². The lowest BCUT2D eigenvalue weighted by atomic mass is 9.75. The van der Waals surface area contributed by atoms with E-state index in [-0.39, 0.29) is 6.42 Å². The number of carbonyl (C=O) groups is 1. The molecule has 2 bridgehead atoms. The van der Waals surface area contributed by atoms with Crippen molar-refractivity contribution in [2.75, 3.05) is 0 Å². The van der Waals surface area contributed by atoms with Crippen molar-refractivity contribution in [3.8, 4) is 0 Å². The Morgan fingerprint density at radius 2 is 1.52 bits per heavy atom. The van der Waals surface area contributed by atoms with Gasteiger partial charge in [0.25, 0.3) is 6.10 Å². The van der Waals surface area contributed by atoms with Crippen molar-refractivity contribution in [1.82, 2.24) is 0 Å². The predicted octanol–water partition coefficient (Wildman–Crippen LogP) is 4.17. The number of alkyl halides is 9. The van der Waals surface area contributed by atoms with Crippen molar-refractivity contribution in [2.45, 2.75) is 37.5 Å². The highest BCUT2D eigenvalue weighted by molar-refractivity contribution is 5.80. The molecule has 2 aliphatic carbocycles. The lowest BCUT2D eigenvalue weighted by molar-refractivity contribution is -0.323. The number of carbonyl (C=O) groups excluding carboxylic acids is 1. The maximum Gasteiger partial charge on any atom is 0.434 e. The maximum atomic E-state index is 13.3. The fourth-order valence-electron chi connectivity index (χ4n) is 3.06. The Labute approximate surface area is 123 Å². The summed E-state index contributed by atoms with van der Waals surface area (Å²) in [5.74, 6) is -4.80. The zero-order valence-corrected chi connectivity index (χ0v) is 11.0. The minimum Gasteiger partial charge on any atom is -0.442 e. The molecule has 2 nitrogen and oxygen atoms in total. The highest BCUT2D eigenvalue weighted by atomic mass is 19.4. The Morgan fingerprint density at radius 3 is 1.83 bits per heavy atom. The van der Waals surface area contributed by atoms with E-state index in [9.17, 15) is 44.3 Å². The van der Waals surface area contributed by atoms with Crippen LogP contribution >= 0.6 is 0 Å². The number of hydrogen-bond acceptors (Lipinski definition) is 2. The highest BCUT2D eigenvalue weighted by Gasteiger charge is 2.71. The summed E-state index contributed by atoms with van der Waals surface area (Å²) in [4.78, 5) is 11.7. The SMILES string of the molecule is O=C(OC(C(F)(F)F)C(F)(F)F)C1(C(F)(F)F)CC2C=CC1C2. The van der Waals surface area contributed by atoms with Crippen LogP contribution in [0.25, 0.3) is 0 Å². The van der Waals surface area contributed by atoms with E-state index in [0.29, 0.717) is 0 Å². The molecule has 23 heavy (non-hydrogen) atoms. The standard InChI is InChI=1S/C12H9F9O2/c13-10(14,15)7(11(16,17)18)23-8(22)9(12(19,20)21)4-5-1-2-6(9)3-5/h1-2,5-7H,3-4H2. The van der Waals surface area contributed by atoms with Gasteiger partial charge in [-0.3, -0.25) is 4.79 Å². The second kappa shape index (κ2) is 5.04. The molecule has 132 valence electrons. The van der Waals surface area contributed by atoms with Gasteiger partial charge in [0.1, 0.15) is 0 Å². The maximum absolute atomic E-state index is 13.3. The molecular weight excluding hydrogens is 347 g/mol. The van der Waals surface area contributed by atoms with Crippen LogP contribution in [0.15, 0.2) is 12.2 Å². The molecule has 2 rings (SSSR count). The van der Waals surface area contributed by atoms with Crippen LogP contribution in [0.1, 0.15) is 12.8 Å². The molecular formula is C12H9F9O2. The summed E-state index contributed by atoms with van der Waals surface area (Å²) >= 11 is 0. The molecule has 3 atom stereocenters. The van der Waals surface area contributed by atoms with Gasteiger partial charge in [-0.05, 0) is 18.8 Å². The average Bonchev–Trinajstić information content (AvgIpc) is 2.92. The third kappa shape index (κ3) is 2.89. The van der Waals surface area contributed by atoms with Gasteiger partial charge in [0.2, 0.25) is 0 Å². The van der Waals surface area contributed by atoms with Gasteiger partial charge in [0, 0.05) is 5.92 Å².